The van der Waals surface area contributed by atoms with Gasteiger partial charge in [-0.25, -0.2) is 0 Å². The molecular weight excluding hydrogens is 260 g/mol. The Bertz CT molecular complexity index is 379. The highest BCUT2D eigenvalue weighted by molar-refractivity contribution is 5.66. The molecule has 0 radical (unpaired) electrons. The lowest BCUT2D eigenvalue weighted by Gasteiger charge is -2.47. The van der Waals surface area contributed by atoms with E-state index >= 15 is 0 Å². The molecule has 2 heterocycles. The standard InChI is InChI=1S/C11H18O8/c1-6(12)18-8-7(13)4-16-10(11(8,14)15)5-17-9(2,3)19-10/h7-8,13-15H,4-5H2,1-3H3/t7-,8-,10+/m1/s1. The van der Waals surface area contributed by atoms with Crippen LogP contribution in [0.15, 0.2) is 0 Å². The molecule has 0 saturated carbocycles. The van der Waals surface area contributed by atoms with Crippen molar-refractivity contribution in [3.63, 3.8) is 0 Å². The Kier molecular flexibility index (Phi) is 3.37. The van der Waals surface area contributed by atoms with Gasteiger partial charge in [0.2, 0.25) is 0 Å². The first-order valence-electron chi connectivity index (χ1n) is 5.88. The Labute approximate surface area is 109 Å². The predicted octanol–water partition coefficient (Wildman–Crippen LogP) is -1.53. The molecule has 2 aliphatic heterocycles. The van der Waals surface area contributed by atoms with Gasteiger partial charge in [-0.15, -0.1) is 0 Å². The highest BCUT2D eigenvalue weighted by Crippen LogP contribution is 2.43. The lowest BCUT2D eigenvalue weighted by atomic mass is 9.93. The third-order valence-corrected chi connectivity index (χ3v) is 3.11. The molecule has 0 aromatic rings. The molecule has 2 fully saturated rings. The summed E-state index contributed by atoms with van der Waals surface area (Å²) in [6, 6.07) is 0. The van der Waals surface area contributed by atoms with Crippen molar-refractivity contribution < 1.29 is 39.1 Å². The minimum Gasteiger partial charge on any atom is -0.454 e. The van der Waals surface area contributed by atoms with Crippen molar-refractivity contribution >= 4 is 5.97 Å². The smallest absolute Gasteiger partial charge is 0.303 e. The second-order valence-corrected chi connectivity index (χ2v) is 5.18. The monoisotopic (exact) mass is 278 g/mol. The van der Waals surface area contributed by atoms with E-state index in [1.807, 2.05) is 0 Å². The van der Waals surface area contributed by atoms with Crippen LogP contribution < -0.4 is 0 Å². The van der Waals surface area contributed by atoms with Gasteiger partial charge in [0.05, 0.1) is 6.61 Å². The molecule has 1 spiro atoms. The van der Waals surface area contributed by atoms with Crippen molar-refractivity contribution in [2.45, 2.75) is 50.3 Å². The maximum atomic E-state index is 11.0. The van der Waals surface area contributed by atoms with Crippen molar-refractivity contribution in [3.8, 4) is 0 Å². The fourth-order valence-corrected chi connectivity index (χ4v) is 2.22. The number of aliphatic hydroxyl groups excluding tert-OH is 1. The average molecular weight is 278 g/mol. The van der Waals surface area contributed by atoms with E-state index in [0.29, 0.717) is 0 Å². The van der Waals surface area contributed by atoms with E-state index in [1.165, 1.54) is 0 Å². The lowest BCUT2D eigenvalue weighted by molar-refractivity contribution is -0.436. The van der Waals surface area contributed by atoms with Gasteiger partial charge in [0.25, 0.3) is 11.6 Å². The molecule has 0 amide bonds. The summed E-state index contributed by atoms with van der Waals surface area (Å²) in [6.07, 6.45) is -2.96. The van der Waals surface area contributed by atoms with E-state index in [9.17, 15) is 20.1 Å². The molecule has 0 unspecified atom stereocenters. The molecule has 3 atom stereocenters. The van der Waals surface area contributed by atoms with E-state index in [2.05, 4.69) is 0 Å². The summed E-state index contributed by atoms with van der Waals surface area (Å²) in [5, 5.41) is 30.2. The van der Waals surface area contributed by atoms with Gasteiger partial charge in [-0.05, 0) is 13.8 Å². The van der Waals surface area contributed by atoms with Gasteiger partial charge in [0, 0.05) is 6.92 Å². The first kappa shape index (κ1) is 14.6. The summed E-state index contributed by atoms with van der Waals surface area (Å²) >= 11 is 0. The van der Waals surface area contributed by atoms with E-state index in [1.54, 1.807) is 13.8 Å². The van der Waals surface area contributed by atoms with Crippen molar-refractivity contribution in [1.82, 2.24) is 0 Å². The lowest BCUT2D eigenvalue weighted by Crippen LogP contribution is -2.72. The summed E-state index contributed by atoms with van der Waals surface area (Å²) in [6.45, 7) is 3.71. The summed E-state index contributed by atoms with van der Waals surface area (Å²) in [5.41, 5.74) is 0. The first-order valence-corrected chi connectivity index (χ1v) is 5.88. The van der Waals surface area contributed by atoms with E-state index in [-0.39, 0.29) is 13.2 Å². The highest BCUT2D eigenvalue weighted by atomic mass is 16.9. The second kappa shape index (κ2) is 4.37. The van der Waals surface area contributed by atoms with Gasteiger partial charge in [-0.3, -0.25) is 4.79 Å². The number of rotatable bonds is 1. The number of ether oxygens (including phenoxy) is 4. The molecule has 2 rings (SSSR count). The minimum absolute atomic E-state index is 0.266. The van der Waals surface area contributed by atoms with Gasteiger partial charge < -0.3 is 34.3 Å². The van der Waals surface area contributed by atoms with E-state index < -0.39 is 35.5 Å². The first-order chi connectivity index (χ1) is 8.60. The number of esters is 1. The molecule has 0 aromatic heterocycles. The zero-order valence-electron chi connectivity index (χ0n) is 11.0. The number of aliphatic hydroxyl groups is 3. The highest BCUT2D eigenvalue weighted by Gasteiger charge is 2.68. The zero-order valence-corrected chi connectivity index (χ0v) is 11.0. The maximum absolute atomic E-state index is 11.0. The van der Waals surface area contributed by atoms with Crippen molar-refractivity contribution in [1.29, 1.82) is 0 Å². The van der Waals surface area contributed by atoms with Crippen LogP contribution in [0.3, 0.4) is 0 Å². The quantitative estimate of drug-likeness (QED) is 0.391. The van der Waals surface area contributed by atoms with Crippen LogP contribution in [-0.2, 0) is 23.7 Å². The molecule has 19 heavy (non-hydrogen) atoms. The van der Waals surface area contributed by atoms with Crippen LogP contribution >= 0.6 is 0 Å². The van der Waals surface area contributed by atoms with Gasteiger partial charge in [-0.1, -0.05) is 0 Å². The molecule has 3 N–H and O–H groups in total. The largest absolute Gasteiger partial charge is 0.454 e. The molecule has 8 nitrogen and oxygen atoms in total. The molecular formula is C11H18O8. The molecule has 110 valence electrons. The summed E-state index contributed by atoms with van der Waals surface area (Å²) in [5.74, 6) is -6.48. The molecule has 0 aromatic carbocycles. The Hall–Kier alpha value is -0.770. The van der Waals surface area contributed by atoms with Gasteiger partial charge >= 0.3 is 5.97 Å². The molecule has 2 aliphatic rings. The normalized spacial score (nSPS) is 40.3. The SMILES string of the molecule is CC(=O)O[C@@H]1[C@H](O)CO[C@]2(COC(C)(C)O2)C1(O)O. The van der Waals surface area contributed by atoms with Crippen LogP contribution in [0.4, 0.5) is 0 Å². The number of carbonyl (C=O) groups excluding carboxylic acids is 1. The van der Waals surface area contributed by atoms with Crippen LogP contribution in [0.2, 0.25) is 0 Å². The Morgan fingerprint density at radius 1 is 1.32 bits per heavy atom. The van der Waals surface area contributed by atoms with Crippen LogP contribution in [0, 0.1) is 0 Å². The van der Waals surface area contributed by atoms with E-state index in [0.717, 1.165) is 6.92 Å². The Morgan fingerprint density at radius 2 is 1.95 bits per heavy atom. The molecule has 0 bridgehead atoms. The third kappa shape index (κ3) is 2.35. The Balaban J connectivity index is 2.30. The third-order valence-electron chi connectivity index (χ3n) is 3.11. The van der Waals surface area contributed by atoms with Crippen molar-refractivity contribution in [3.05, 3.63) is 0 Å². The van der Waals surface area contributed by atoms with Crippen LogP contribution in [-0.4, -0.2) is 64.1 Å². The number of carbonyl (C=O) groups is 1. The van der Waals surface area contributed by atoms with Crippen LogP contribution in [0.5, 0.6) is 0 Å². The molecule has 0 aliphatic carbocycles. The topological polar surface area (TPSA) is 115 Å². The second-order valence-electron chi connectivity index (χ2n) is 5.18. The zero-order chi connectivity index (χ0) is 14.5. The van der Waals surface area contributed by atoms with Crippen molar-refractivity contribution in [2.75, 3.05) is 13.2 Å². The summed E-state index contributed by atoms with van der Waals surface area (Å²) in [4.78, 5) is 11.0. The van der Waals surface area contributed by atoms with Crippen LogP contribution in [0.1, 0.15) is 20.8 Å². The van der Waals surface area contributed by atoms with Gasteiger partial charge in [0.1, 0.15) is 12.7 Å². The minimum atomic E-state index is -2.73. The van der Waals surface area contributed by atoms with Gasteiger partial charge in [0.15, 0.2) is 11.9 Å². The average Bonchev–Trinajstić information content (AvgIpc) is 2.58. The fourth-order valence-electron chi connectivity index (χ4n) is 2.22. The van der Waals surface area contributed by atoms with Gasteiger partial charge in [-0.2, -0.15) is 0 Å². The summed E-state index contributed by atoms with van der Waals surface area (Å²) in [7, 11) is 0. The van der Waals surface area contributed by atoms with Crippen molar-refractivity contribution in [2.24, 2.45) is 0 Å². The van der Waals surface area contributed by atoms with Crippen LogP contribution in [0.25, 0.3) is 0 Å². The Morgan fingerprint density at radius 3 is 2.42 bits per heavy atom. The fraction of sp³-hybridized carbons (Fsp3) is 0.909. The van der Waals surface area contributed by atoms with E-state index in [4.69, 9.17) is 18.9 Å². The molecule has 8 heteroatoms. The number of hydrogen-bond donors (Lipinski definition) is 3. The molecule has 2 saturated heterocycles. The summed E-state index contributed by atoms with van der Waals surface area (Å²) < 4.78 is 20.7. The predicted molar refractivity (Wildman–Crippen MR) is 58.5 cm³/mol. The maximum Gasteiger partial charge on any atom is 0.303 e. The number of hydrogen-bond acceptors (Lipinski definition) is 8.